The van der Waals surface area contributed by atoms with Gasteiger partial charge in [-0.05, 0) is 65.1 Å². The lowest BCUT2D eigenvalue weighted by molar-refractivity contribution is -0.135. The van der Waals surface area contributed by atoms with Crippen molar-refractivity contribution in [3.05, 3.63) is 90.9 Å². The number of imidazole rings is 2. The van der Waals surface area contributed by atoms with Crippen LogP contribution in [-0.4, -0.2) is 111 Å². The zero-order valence-corrected chi connectivity index (χ0v) is 36.3. The van der Waals surface area contributed by atoms with E-state index in [1.165, 1.54) is 14.2 Å². The molecule has 0 spiro atoms. The molecule has 0 saturated carbocycles. The van der Waals surface area contributed by atoms with Gasteiger partial charge in [0.2, 0.25) is 11.8 Å². The number of aromatic amines is 2. The van der Waals surface area contributed by atoms with Crippen LogP contribution in [-0.2, 0) is 25.6 Å². The molecule has 61 heavy (non-hydrogen) atoms. The first-order chi connectivity index (χ1) is 29.3. The van der Waals surface area contributed by atoms with E-state index in [4.69, 9.17) is 19.4 Å². The van der Waals surface area contributed by atoms with E-state index in [0.29, 0.717) is 12.7 Å². The van der Waals surface area contributed by atoms with Gasteiger partial charge in [-0.25, -0.2) is 19.6 Å². The number of benzene rings is 3. The lowest BCUT2D eigenvalue weighted by Crippen LogP contribution is -2.51. The molecule has 5 heterocycles. The zero-order chi connectivity index (χ0) is 43.0. The predicted molar refractivity (Wildman–Crippen MR) is 233 cm³/mol. The van der Waals surface area contributed by atoms with Crippen molar-refractivity contribution < 1.29 is 28.7 Å². The maximum Gasteiger partial charge on any atom is 0.407 e. The fourth-order valence-electron chi connectivity index (χ4n) is 8.77. The molecule has 2 saturated heterocycles. The molecule has 3 aromatic heterocycles. The molecule has 4 amide bonds. The molecule has 318 valence electrons. The van der Waals surface area contributed by atoms with Crippen LogP contribution in [0.1, 0.15) is 50.4 Å². The summed E-state index contributed by atoms with van der Waals surface area (Å²) in [5.41, 5.74) is 5.66. The highest BCUT2D eigenvalue weighted by Gasteiger charge is 2.45. The number of nitrogens with zero attached hydrogens (tertiary/aromatic N) is 6. The predicted octanol–water partition coefficient (Wildman–Crippen LogP) is 6.57. The first-order valence-electron chi connectivity index (χ1n) is 20.7. The van der Waals surface area contributed by atoms with Crippen LogP contribution < -0.4 is 10.6 Å². The fourth-order valence-corrected chi connectivity index (χ4v) is 11.7. The van der Waals surface area contributed by atoms with Gasteiger partial charge in [0.25, 0.3) is 0 Å². The maximum absolute atomic E-state index is 14.2. The molecular weight excluding hydrogens is 793 g/mol. The topological polar surface area (TPSA) is 192 Å². The number of rotatable bonds is 11. The smallest absolute Gasteiger partial charge is 0.407 e. The average molecular weight is 845 g/mol. The summed E-state index contributed by atoms with van der Waals surface area (Å²) in [6.07, 6.45) is 6.15. The molecule has 2 aliphatic heterocycles. The van der Waals surface area contributed by atoms with Gasteiger partial charge in [0.15, 0.2) is 0 Å². The lowest BCUT2D eigenvalue weighted by atomic mass is 9.99. The van der Waals surface area contributed by atoms with Crippen molar-refractivity contribution in [1.29, 1.82) is 0 Å². The van der Waals surface area contributed by atoms with Crippen LogP contribution in [0, 0.1) is 5.92 Å². The Bertz CT molecular complexity index is 2570. The Labute approximate surface area is 354 Å². The minimum atomic E-state index is -1.84. The first-order valence-corrected chi connectivity index (χ1v) is 24.1. The molecule has 8 rings (SSSR count). The number of carbonyl (C=O) groups is 4. The number of hydrogen-bond donors (Lipinski definition) is 4. The summed E-state index contributed by atoms with van der Waals surface area (Å²) < 4.78 is 11.3. The minimum absolute atomic E-state index is 0.112. The van der Waals surface area contributed by atoms with Crippen LogP contribution in [0.5, 0.6) is 0 Å². The number of nitrogens with one attached hydrogen (secondary N) is 4. The second-order valence-electron chi connectivity index (χ2n) is 17.1. The van der Waals surface area contributed by atoms with Crippen LogP contribution >= 0.6 is 0 Å². The Balaban J connectivity index is 0.999. The van der Waals surface area contributed by atoms with Crippen molar-refractivity contribution >= 4 is 53.9 Å². The number of carbonyl (C=O) groups excluding carboxylic acids is 4. The molecule has 0 aliphatic carbocycles. The number of methoxy groups -OCH3 is 2. The second kappa shape index (κ2) is 16.9. The summed E-state index contributed by atoms with van der Waals surface area (Å²) in [6, 6.07) is 19.4. The maximum atomic E-state index is 14.2. The van der Waals surface area contributed by atoms with Gasteiger partial charge in [-0.2, -0.15) is 5.10 Å². The summed E-state index contributed by atoms with van der Waals surface area (Å²) in [7, 11) is 0.733. The van der Waals surface area contributed by atoms with E-state index in [1.807, 2.05) is 29.7 Å². The van der Waals surface area contributed by atoms with Gasteiger partial charge in [-0.15, -0.1) is 0 Å². The Morgan fingerprint density at radius 2 is 1.61 bits per heavy atom. The number of likely N-dealkylation sites (tertiary alicyclic amines) is 1. The molecule has 0 bridgehead atoms. The number of ether oxygens (including phenoxy) is 2. The summed E-state index contributed by atoms with van der Waals surface area (Å²) in [6.45, 7) is 9.11. The standard InChI is InChI=1S/C44H52N10O6Si/c1-26(2)37(51-44(58)60-4)42(56)53-20-7-9-35(53)39-45-22-33(48-39)28-12-10-27(11-13-28)29-14-16-31-30(21-29)15-17-32-38(31)50-40(47-32)36-24-61(5,6)25-54(36)41(55)34(49-43(57)59-3)23-52-19-8-18-46-52/h8,10-19,21-22,26,34-37H,7,9,20,23-25H2,1-6H3,(H,45,48)(H,47,50)(H,49,57)(H,51,58)/t34-,35-,36-,37-/m0/s1. The van der Waals surface area contributed by atoms with Crippen molar-refractivity contribution in [2.45, 2.75) is 76.5 Å². The Morgan fingerprint density at radius 3 is 2.33 bits per heavy atom. The molecule has 17 heteroatoms. The lowest BCUT2D eigenvalue weighted by Gasteiger charge is -2.30. The normalized spacial score (nSPS) is 18.4. The Kier molecular flexibility index (Phi) is 11.4. The van der Waals surface area contributed by atoms with Gasteiger partial charge in [-0.1, -0.05) is 69.4 Å². The SMILES string of the molecule is COC(=O)N[C@@H](Cn1cccn1)C(=O)N1C[Si](C)(C)C[C@H]1c1nc2c(ccc3cc(-c4ccc(-c5cnc([C@@H]6CCCN6C(=O)[C@@H](NC(=O)OC)C(C)C)[nH]5)cc4)ccc32)[nH]1. The van der Waals surface area contributed by atoms with E-state index in [0.717, 1.165) is 74.7 Å². The fraction of sp³-hybridized carbons (Fsp3) is 0.386. The van der Waals surface area contributed by atoms with Crippen LogP contribution in [0.2, 0.25) is 19.1 Å². The van der Waals surface area contributed by atoms with Crippen LogP contribution in [0.3, 0.4) is 0 Å². The number of hydrogen-bond acceptors (Lipinski definition) is 9. The third-order valence-corrected chi connectivity index (χ3v) is 14.6. The molecule has 4 atom stereocenters. The van der Waals surface area contributed by atoms with Crippen molar-refractivity contribution in [2.24, 2.45) is 5.92 Å². The van der Waals surface area contributed by atoms with Gasteiger partial charge in [-0.3, -0.25) is 14.3 Å². The number of amides is 4. The molecule has 16 nitrogen and oxygen atoms in total. The molecule has 0 radical (unpaired) electrons. The number of H-pyrrole nitrogens is 2. The van der Waals surface area contributed by atoms with Gasteiger partial charge < -0.3 is 39.9 Å². The Hall–Kier alpha value is -6.49. The largest absolute Gasteiger partial charge is 0.453 e. The summed E-state index contributed by atoms with van der Waals surface area (Å²) in [5, 5.41) is 11.7. The Morgan fingerprint density at radius 1 is 0.869 bits per heavy atom. The van der Waals surface area contributed by atoms with E-state index in [1.54, 1.807) is 29.3 Å². The van der Waals surface area contributed by atoms with Crippen molar-refractivity contribution in [2.75, 3.05) is 26.9 Å². The molecule has 4 N–H and O–H groups in total. The number of aromatic nitrogens is 6. The van der Waals surface area contributed by atoms with Crippen molar-refractivity contribution in [3.63, 3.8) is 0 Å². The van der Waals surface area contributed by atoms with Gasteiger partial charge in [0, 0.05) is 30.5 Å². The van der Waals surface area contributed by atoms with E-state index >= 15 is 0 Å². The quantitative estimate of drug-likeness (QED) is 0.105. The minimum Gasteiger partial charge on any atom is -0.453 e. The molecular formula is C44H52N10O6Si. The summed E-state index contributed by atoms with van der Waals surface area (Å²) in [4.78, 5) is 72.7. The van der Waals surface area contributed by atoms with Gasteiger partial charge >= 0.3 is 12.2 Å². The van der Waals surface area contributed by atoms with E-state index in [2.05, 4.69) is 87.3 Å². The molecule has 0 unspecified atom stereocenters. The second-order valence-corrected chi connectivity index (χ2v) is 22.1. The molecule has 3 aromatic carbocycles. The third-order valence-electron chi connectivity index (χ3n) is 11.9. The van der Waals surface area contributed by atoms with Gasteiger partial charge in [0.05, 0.1) is 63.8 Å². The van der Waals surface area contributed by atoms with E-state index in [9.17, 15) is 19.2 Å². The highest BCUT2D eigenvalue weighted by Crippen LogP contribution is 2.39. The van der Waals surface area contributed by atoms with Crippen LogP contribution in [0.4, 0.5) is 9.59 Å². The average Bonchev–Trinajstić information content (AvgIpc) is 4.11. The van der Waals surface area contributed by atoms with Crippen molar-refractivity contribution in [1.82, 2.24) is 50.1 Å². The highest BCUT2D eigenvalue weighted by atomic mass is 28.3. The molecule has 2 fully saturated rings. The van der Waals surface area contributed by atoms with E-state index < -0.39 is 32.3 Å². The van der Waals surface area contributed by atoms with Gasteiger partial charge in [0.1, 0.15) is 23.7 Å². The highest BCUT2D eigenvalue weighted by molar-refractivity contribution is 6.78. The monoisotopic (exact) mass is 844 g/mol. The zero-order valence-electron chi connectivity index (χ0n) is 35.3. The van der Waals surface area contributed by atoms with Crippen LogP contribution in [0.15, 0.2) is 79.3 Å². The summed E-state index contributed by atoms with van der Waals surface area (Å²) >= 11 is 0. The molecule has 2 aliphatic rings. The first kappa shape index (κ1) is 41.2. The van der Waals surface area contributed by atoms with Crippen LogP contribution in [0.25, 0.3) is 44.2 Å². The van der Waals surface area contributed by atoms with Crippen molar-refractivity contribution in [3.8, 4) is 22.4 Å². The van der Waals surface area contributed by atoms with E-state index in [-0.39, 0.29) is 36.4 Å². The summed E-state index contributed by atoms with van der Waals surface area (Å²) in [5.74, 6) is 0.995. The number of alkyl carbamates (subject to hydrolysis) is 2. The molecule has 6 aromatic rings. The third kappa shape index (κ3) is 8.46. The number of fused-ring (bicyclic) bond motifs is 3.